The SMILES string of the molecule is CO[C@H]1CN[C@@H](C(=O)Nc2cc(C(CCC3CC3)N3CCCCC3=O)ccc2F)C1. The molecular formula is C23H32FN3O3. The molecule has 2 saturated heterocycles. The highest BCUT2D eigenvalue weighted by atomic mass is 19.1. The average Bonchev–Trinajstić information content (AvgIpc) is 3.44. The van der Waals surface area contributed by atoms with Crippen molar-refractivity contribution in [1.82, 2.24) is 10.2 Å². The Morgan fingerprint density at radius 2 is 2.20 bits per heavy atom. The number of anilines is 1. The van der Waals surface area contributed by atoms with Crippen molar-refractivity contribution >= 4 is 17.5 Å². The minimum atomic E-state index is -0.459. The molecule has 4 rings (SSSR count). The Labute approximate surface area is 177 Å². The van der Waals surface area contributed by atoms with Crippen LogP contribution >= 0.6 is 0 Å². The number of amides is 2. The monoisotopic (exact) mass is 417 g/mol. The van der Waals surface area contributed by atoms with Crippen molar-refractivity contribution in [3.8, 4) is 0 Å². The van der Waals surface area contributed by atoms with Crippen LogP contribution in [0.2, 0.25) is 0 Å². The molecule has 6 nitrogen and oxygen atoms in total. The van der Waals surface area contributed by atoms with Crippen molar-refractivity contribution in [3.63, 3.8) is 0 Å². The first-order valence-corrected chi connectivity index (χ1v) is 11.2. The minimum absolute atomic E-state index is 0.00569. The number of carbonyl (C=O) groups excluding carboxylic acids is 2. The third kappa shape index (κ3) is 5.01. The predicted octanol–water partition coefficient (Wildman–Crippen LogP) is 3.38. The number of piperidine rings is 1. The van der Waals surface area contributed by atoms with Gasteiger partial charge in [-0.05, 0) is 55.7 Å². The van der Waals surface area contributed by atoms with E-state index in [0.29, 0.717) is 19.4 Å². The van der Waals surface area contributed by atoms with Gasteiger partial charge in [0.25, 0.3) is 0 Å². The smallest absolute Gasteiger partial charge is 0.241 e. The Kier molecular flexibility index (Phi) is 6.68. The summed E-state index contributed by atoms with van der Waals surface area (Å²) in [6.45, 7) is 1.36. The fourth-order valence-electron chi connectivity index (χ4n) is 4.61. The molecule has 0 bridgehead atoms. The molecule has 2 aliphatic heterocycles. The third-order valence-corrected chi connectivity index (χ3v) is 6.65. The van der Waals surface area contributed by atoms with E-state index in [-0.39, 0.29) is 29.6 Å². The first kappa shape index (κ1) is 21.2. The maximum atomic E-state index is 14.5. The topological polar surface area (TPSA) is 70.7 Å². The van der Waals surface area contributed by atoms with Crippen molar-refractivity contribution in [2.45, 2.75) is 69.6 Å². The van der Waals surface area contributed by atoms with Gasteiger partial charge in [0.1, 0.15) is 5.82 Å². The van der Waals surface area contributed by atoms with Gasteiger partial charge in [0, 0.05) is 26.6 Å². The number of carbonyl (C=O) groups is 2. The molecule has 30 heavy (non-hydrogen) atoms. The highest BCUT2D eigenvalue weighted by Gasteiger charge is 2.32. The molecule has 1 unspecified atom stereocenters. The summed E-state index contributed by atoms with van der Waals surface area (Å²) < 4.78 is 19.8. The second kappa shape index (κ2) is 9.43. The lowest BCUT2D eigenvalue weighted by Crippen LogP contribution is -2.38. The number of likely N-dealkylation sites (tertiary alicyclic amines) is 1. The lowest BCUT2D eigenvalue weighted by Gasteiger charge is -2.35. The number of hydrogen-bond acceptors (Lipinski definition) is 4. The van der Waals surface area contributed by atoms with E-state index >= 15 is 0 Å². The van der Waals surface area contributed by atoms with Crippen LogP contribution < -0.4 is 10.6 Å². The summed E-state index contributed by atoms with van der Waals surface area (Å²) in [6, 6.07) is 4.43. The molecule has 2 N–H and O–H groups in total. The summed E-state index contributed by atoms with van der Waals surface area (Å²) in [5.74, 6) is 0.223. The Morgan fingerprint density at radius 3 is 2.90 bits per heavy atom. The van der Waals surface area contributed by atoms with Crippen LogP contribution in [0, 0.1) is 11.7 Å². The molecule has 1 aliphatic carbocycles. The molecule has 7 heteroatoms. The summed E-state index contributed by atoms with van der Waals surface area (Å²) in [6.07, 6.45) is 7.58. The molecule has 3 atom stereocenters. The van der Waals surface area contributed by atoms with Crippen LogP contribution in [-0.4, -0.2) is 49.1 Å². The zero-order valence-corrected chi connectivity index (χ0v) is 17.7. The number of hydrogen-bond donors (Lipinski definition) is 2. The Morgan fingerprint density at radius 1 is 1.37 bits per heavy atom. The van der Waals surface area contributed by atoms with Crippen molar-refractivity contribution in [2.75, 3.05) is 25.5 Å². The van der Waals surface area contributed by atoms with Crippen LogP contribution in [-0.2, 0) is 14.3 Å². The van der Waals surface area contributed by atoms with E-state index in [4.69, 9.17) is 4.74 Å². The number of ether oxygens (including phenoxy) is 1. The molecule has 0 spiro atoms. The maximum Gasteiger partial charge on any atom is 0.241 e. The highest BCUT2D eigenvalue weighted by molar-refractivity contribution is 5.95. The largest absolute Gasteiger partial charge is 0.380 e. The summed E-state index contributed by atoms with van der Waals surface area (Å²) in [7, 11) is 1.62. The quantitative estimate of drug-likeness (QED) is 0.680. The van der Waals surface area contributed by atoms with Crippen LogP contribution in [0.5, 0.6) is 0 Å². The van der Waals surface area contributed by atoms with Gasteiger partial charge in [-0.3, -0.25) is 9.59 Å². The molecule has 0 radical (unpaired) electrons. The van der Waals surface area contributed by atoms with Crippen molar-refractivity contribution in [1.29, 1.82) is 0 Å². The molecule has 1 aromatic carbocycles. The summed E-state index contributed by atoms with van der Waals surface area (Å²) in [5, 5.41) is 5.87. The molecule has 3 aliphatic rings. The molecule has 0 aromatic heterocycles. The second-order valence-corrected chi connectivity index (χ2v) is 8.86. The van der Waals surface area contributed by atoms with Gasteiger partial charge in [0.05, 0.1) is 23.9 Å². The van der Waals surface area contributed by atoms with Gasteiger partial charge in [-0.1, -0.05) is 18.9 Å². The molecule has 164 valence electrons. The molecule has 3 fully saturated rings. The zero-order chi connectivity index (χ0) is 21.1. The normalized spacial score (nSPS) is 25.4. The van der Waals surface area contributed by atoms with Gasteiger partial charge >= 0.3 is 0 Å². The number of nitrogens with one attached hydrogen (secondary N) is 2. The summed E-state index contributed by atoms with van der Waals surface area (Å²) in [5.41, 5.74) is 1.08. The van der Waals surface area contributed by atoms with E-state index in [0.717, 1.165) is 43.7 Å². The molecular weight excluding hydrogens is 385 g/mol. The van der Waals surface area contributed by atoms with Gasteiger partial charge in [0.15, 0.2) is 0 Å². The first-order valence-electron chi connectivity index (χ1n) is 11.2. The number of halogens is 1. The second-order valence-electron chi connectivity index (χ2n) is 8.86. The Bertz CT molecular complexity index is 783. The third-order valence-electron chi connectivity index (χ3n) is 6.65. The van der Waals surface area contributed by atoms with E-state index in [1.165, 1.54) is 18.9 Å². The minimum Gasteiger partial charge on any atom is -0.380 e. The van der Waals surface area contributed by atoms with E-state index in [9.17, 15) is 14.0 Å². The van der Waals surface area contributed by atoms with Gasteiger partial charge < -0.3 is 20.3 Å². The highest BCUT2D eigenvalue weighted by Crippen LogP contribution is 2.39. The maximum absolute atomic E-state index is 14.5. The fourth-order valence-corrected chi connectivity index (χ4v) is 4.61. The van der Waals surface area contributed by atoms with Crippen molar-refractivity contribution in [2.24, 2.45) is 5.92 Å². The lowest BCUT2D eigenvalue weighted by atomic mass is 9.95. The molecule has 1 saturated carbocycles. The first-order chi connectivity index (χ1) is 14.5. The van der Waals surface area contributed by atoms with E-state index in [2.05, 4.69) is 10.6 Å². The summed E-state index contributed by atoms with van der Waals surface area (Å²) >= 11 is 0. The Hall–Kier alpha value is -1.99. The lowest BCUT2D eigenvalue weighted by molar-refractivity contribution is -0.136. The van der Waals surface area contributed by atoms with Gasteiger partial charge in [0.2, 0.25) is 11.8 Å². The van der Waals surface area contributed by atoms with Crippen LogP contribution in [0.1, 0.15) is 63.0 Å². The number of nitrogens with zero attached hydrogens (tertiary/aromatic N) is 1. The van der Waals surface area contributed by atoms with Crippen molar-refractivity contribution < 1.29 is 18.7 Å². The number of rotatable bonds is 8. The number of benzene rings is 1. The average molecular weight is 418 g/mol. The summed E-state index contributed by atoms with van der Waals surface area (Å²) in [4.78, 5) is 27.2. The van der Waals surface area contributed by atoms with Crippen LogP contribution in [0.4, 0.5) is 10.1 Å². The van der Waals surface area contributed by atoms with Crippen LogP contribution in [0.25, 0.3) is 0 Å². The Balaban J connectivity index is 1.51. The predicted molar refractivity (Wildman–Crippen MR) is 112 cm³/mol. The van der Waals surface area contributed by atoms with Gasteiger partial charge in [-0.15, -0.1) is 0 Å². The van der Waals surface area contributed by atoms with E-state index in [1.54, 1.807) is 19.2 Å². The van der Waals surface area contributed by atoms with E-state index in [1.807, 2.05) is 4.90 Å². The van der Waals surface area contributed by atoms with E-state index < -0.39 is 11.9 Å². The zero-order valence-electron chi connectivity index (χ0n) is 17.7. The van der Waals surface area contributed by atoms with Crippen LogP contribution in [0.3, 0.4) is 0 Å². The molecule has 1 aromatic rings. The van der Waals surface area contributed by atoms with Gasteiger partial charge in [-0.2, -0.15) is 0 Å². The number of methoxy groups -OCH3 is 1. The van der Waals surface area contributed by atoms with Gasteiger partial charge in [-0.25, -0.2) is 4.39 Å². The molecule has 2 heterocycles. The van der Waals surface area contributed by atoms with Crippen molar-refractivity contribution in [3.05, 3.63) is 29.6 Å². The fraction of sp³-hybridized carbons (Fsp3) is 0.652. The van der Waals surface area contributed by atoms with Crippen LogP contribution in [0.15, 0.2) is 18.2 Å². The molecule has 2 amide bonds. The standard InChI is InChI=1S/C23H32FN3O3/c1-30-17-13-20(25-14-17)23(29)26-19-12-16(8-9-18(19)24)21(10-7-15-5-6-15)27-11-3-2-4-22(27)28/h8-9,12,15,17,20-21,25H,2-7,10-11,13-14H2,1H3,(H,26,29)/t17-,20-,21?/m1/s1.